The van der Waals surface area contributed by atoms with Gasteiger partial charge in [0.2, 0.25) is 0 Å². The molecule has 1 N–H and O–H groups in total. The van der Waals surface area contributed by atoms with Crippen molar-refractivity contribution in [2.75, 3.05) is 12.3 Å². The van der Waals surface area contributed by atoms with Crippen molar-refractivity contribution in [3.8, 4) is 0 Å². The van der Waals surface area contributed by atoms with E-state index in [0.29, 0.717) is 17.8 Å². The van der Waals surface area contributed by atoms with Crippen molar-refractivity contribution >= 4 is 23.3 Å². The fourth-order valence-corrected chi connectivity index (χ4v) is 3.35. The Morgan fingerprint density at radius 2 is 2.04 bits per heavy atom. The van der Waals surface area contributed by atoms with Gasteiger partial charge in [-0.2, -0.15) is 16.9 Å². The van der Waals surface area contributed by atoms with Crippen molar-refractivity contribution in [2.45, 2.75) is 19.6 Å². The fourth-order valence-electron chi connectivity index (χ4n) is 2.53. The lowest BCUT2D eigenvalue weighted by Gasteiger charge is -2.05. The Kier molecular flexibility index (Phi) is 5.15. The van der Waals surface area contributed by atoms with Crippen LogP contribution in [-0.4, -0.2) is 32.8 Å². The largest absolute Gasteiger partial charge is 0.351 e. The van der Waals surface area contributed by atoms with Gasteiger partial charge in [0.05, 0.1) is 6.20 Å². The third-order valence-corrected chi connectivity index (χ3v) is 4.70. The molecule has 124 valence electrons. The highest BCUT2D eigenvalue weighted by Gasteiger charge is 2.14. The van der Waals surface area contributed by atoms with Crippen LogP contribution in [0.15, 0.2) is 42.6 Å². The van der Waals surface area contributed by atoms with E-state index in [1.807, 2.05) is 38.1 Å². The molecule has 2 aromatic heterocycles. The van der Waals surface area contributed by atoms with Crippen molar-refractivity contribution < 1.29 is 4.79 Å². The molecule has 0 aliphatic carbocycles. The number of nitrogens with zero attached hydrogens (tertiary/aromatic N) is 3. The molecule has 24 heavy (non-hydrogen) atoms. The van der Waals surface area contributed by atoms with Crippen LogP contribution in [-0.2, 0) is 5.75 Å². The van der Waals surface area contributed by atoms with E-state index in [-0.39, 0.29) is 5.91 Å². The molecule has 0 unspecified atom stereocenters. The van der Waals surface area contributed by atoms with E-state index in [1.165, 1.54) is 5.56 Å². The summed E-state index contributed by atoms with van der Waals surface area (Å²) in [6.45, 7) is 4.50. The molecule has 0 aliphatic rings. The van der Waals surface area contributed by atoms with Crippen LogP contribution in [0.5, 0.6) is 0 Å². The summed E-state index contributed by atoms with van der Waals surface area (Å²) >= 11 is 1.80. The average molecular weight is 340 g/mol. The second-order valence-corrected chi connectivity index (χ2v) is 6.73. The number of fused-ring (bicyclic) bond motifs is 1. The number of carbonyl (C=O) groups excluding carboxylic acids is 1. The van der Waals surface area contributed by atoms with E-state index in [2.05, 4.69) is 27.5 Å². The molecule has 5 nitrogen and oxygen atoms in total. The van der Waals surface area contributed by atoms with Crippen LogP contribution in [0.4, 0.5) is 0 Å². The number of aromatic nitrogens is 3. The molecule has 3 rings (SSSR count). The van der Waals surface area contributed by atoms with Gasteiger partial charge in [0.25, 0.3) is 5.91 Å². The number of amides is 1. The summed E-state index contributed by atoms with van der Waals surface area (Å²) < 4.78 is 1.70. The summed E-state index contributed by atoms with van der Waals surface area (Å²) in [5, 5.41) is 7.20. The lowest BCUT2D eigenvalue weighted by atomic mass is 10.2. The third kappa shape index (κ3) is 3.76. The molecule has 6 heteroatoms. The summed E-state index contributed by atoms with van der Waals surface area (Å²) in [4.78, 5) is 16.8. The van der Waals surface area contributed by atoms with Crippen LogP contribution in [0.3, 0.4) is 0 Å². The van der Waals surface area contributed by atoms with E-state index in [0.717, 1.165) is 22.9 Å². The topological polar surface area (TPSA) is 59.3 Å². The van der Waals surface area contributed by atoms with Crippen molar-refractivity contribution in [1.29, 1.82) is 0 Å². The van der Waals surface area contributed by atoms with Gasteiger partial charge in [-0.3, -0.25) is 4.79 Å². The molecule has 0 bridgehead atoms. The van der Waals surface area contributed by atoms with Gasteiger partial charge in [0.1, 0.15) is 5.56 Å². The zero-order chi connectivity index (χ0) is 16.9. The number of benzene rings is 1. The van der Waals surface area contributed by atoms with Crippen LogP contribution in [0.2, 0.25) is 0 Å². The predicted octanol–water partition coefficient (Wildman–Crippen LogP) is 3.01. The predicted molar refractivity (Wildman–Crippen MR) is 97.4 cm³/mol. The Morgan fingerprint density at radius 3 is 2.83 bits per heavy atom. The maximum atomic E-state index is 12.4. The minimum absolute atomic E-state index is 0.122. The molecule has 0 radical (unpaired) electrons. The van der Waals surface area contributed by atoms with Crippen LogP contribution in [0, 0.1) is 13.8 Å². The lowest BCUT2D eigenvalue weighted by Crippen LogP contribution is -2.25. The number of carbonyl (C=O) groups is 1. The van der Waals surface area contributed by atoms with Crippen molar-refractivity contribution in [1.82, 2.24) is 19.9 Å². The maximum Gasteiger partial charge on any atom is 0.256 e. The lowest BCUT2D eigenvalue weighted by molar-refractivity contribution is 0.0957. The number of nitrogens with one attached hydrogen (secondary N) is 1. The normalized spacial score (nSPS) is 10.9. The van der Waals surface area contributed by atoms with E-state index in [1.54, 1.807) is 22.5 Å². The van der Waals surface area contributed by atoms with Gasteiger partial charge in [-0.1, -0.05) is 30.3 Å². The first kappa shape index (κ1) is 16.5. The quantitative estimate of drug-likeness (QED) is 0.701. The molecule has 1 amide bonds. The van der Waals surface area contributed by atoms with E-state index in [4.69, 9.17) is 0 Å². The Balaban J connectivity index is 1.54. The SMILES string of the molecule is Cc1cc(C)n2ncc(C(=O)NCCSCc3ccccc3)c2n1. The van der Waals surface area contributed by atoms with Gasteiger partial charge < -0.3 is 5.32 Å². The molecule has 3 aromatic rings. The van der Waals surface area contributed by atoms with E-state index < -0.39 is 0 Å². The minimum Gasteiger partial charge on any atom is -0.351 e. The summed E-state index contributed by atoms with van der Waals surface area (Å²) in [5.74, 6) is 1.70. The van der Waals surface area contributed by atoms with Crippen molar-refractivity contribution in [3.63, 3.8) is 0 Å². The van der Waals surface area contributed by atoms with E-state index >= 15 is 0 Å². The Morgan fingerprint density at radius 1 is 1.25 bits per heavy atom. The highest BCUT2D eigenvalue weighted by Crippen LogP contribution is 2.13. The Labute approximate surface area is 145 Å². The smallest absolute Gasteiger partial charge is 0.256 e. The van der Waals surface area contributed by atoms with Crippen LogP contribution < -0.4 is 5.32 Å². The van der Waals surface area contributed by atoms with Gasteiger partial charge in [-0.05, 0) is 25.5 Å². The van der Waals surface area contributed by atoms with Gasteiger partial charge in [0, 0.05) is 29.4 Å². The maximum absolute atomic E-state index is 12.4. The molecule has 1 aromatic carbocycles. The summed E-state index contributed by atoms with van der Waals surface area (Å²) in [5.41, 5.74) is 4.28. The molecular weight excluding hydrogens is 320 g/mol. The number of aryl methyl sites for hydroxylation is 2. The first-order valence-corrected chi connectivity index (χ1v) is 9.02. The monoisotopic (exact) mass is 340 g/mol. The first-order chi connectivity index (χ1) is 11.6. The van der Waals surface area contributed by atoms with Gasteiger partial charge in [-0.15, -0.1) is 0 Å². The molecule has 0 spiro atoms. The van der Waals surface area contributed by atoms with Gasteiger partial charge in [0.15, 0.2) is 5.65 Å². The average Bonchev–Trinajstić information content (AvgIpc) is 2.99. The summed E-state index contributed by atoms with van der Waals surface area (Å²) in [6.07, 6.45) is 1.58. The van der Waals surface area contributed by atoms with Gasteiger partial charge in [-0.25, -0.2) is 9.50 Å². The first-order valence-electron chi connectivity index (χ1n) is 7.87. The molecule has 0 aliphatic heterocycles. The highest BCUT2D eigenvalue weighted by atomic mass is 32.2. The second-order valence-electron chi connectivity index (χ2n) is 5.63. The van der Waals surface area contributed by atoms with Crippen LogP contribution >= 0.6 is 11.8 Å². The standard InChI is InChI=1S/C18H20N4OS/c1-13-10-14(2)22-17(21-13)16(11-20-22)18(23)19-8-9-24-12-15-6-4-3-5-7-15/h3-7,10-11H,8-9,12H2,1-2H3,(H,19,23). The van der Waals surface area contributed by atoms with Gasteiger partial charge >= 0.3 is 0 Å². The number of hydrogen-bond donors (Lipinski definition) is 1. The number of rotatable bonds is 6. The minimum atomic E-state index is -0.122. The number of hydrogen-bond acceptors (Lipinski definition) is 4. The molecule has 0 atom stereocenters. The van der Waals surface area contributed by atoms with Crippen molar-refractivity contribution in [2.24, 2.45) is 0 Å². The molecule has 2 heterocycles. The zero-order valence-electron chi connectivity index (χ0n) is 13.8. The Bertz CT molecular complexity index is 845. The van der Waals surface area contributed by atoms with E-state index in [9.17, 15) is 4.79 Å². The molecule has 0 saturated heterocycles. The summed E-state index contributed by atoms with van der Waals surface area (Å²) in [7, 11) is 0. The highest BCUT2D eigenvalue weighted by molar-refractivity contribution is 7.98. The fraction of sp³-hybridized carbons (Fsp3) is 0.278. The molecule has 0 saturated carbocycles. The third-order valence-electron chi connectivity index (χ3n) is 3.67. The Hall–Kier alpha value is -2.34. The molecular formula is C18H20N4OS. The van der Waals surface area contributed by atoms with Crippen molar-refractivity contribution in [3.05, 3.63) is 65.1 Å². The zero-order valence-corrected chi connectivity index (χ0v) is 14.6. The van der Waals surface area contributed by atoms with Crippen LogP contribution in [0.25, 0.3) is 5.65 Å². The summed E-state index contributed by atoms with van der Waals surface area (Å²) in [6, 6.07) is 12.3. The van der Waals surface area contributed by atoms with Crippen LogP contribution in [0.1, 0.15) is 27.3 Å². The molecule has 0 fully saturated rings. The number of thioether (sulfide) groups is 1. The second kappa shape index (κ2) is 7.49.